The number of nitrogens with one attached hydrogen (secondary N) is 1. The van der Waals surface area contributed by atoms with Gasteiger partial charge < -0.3 is 9.84 Å². The van der Waals surface area contributed by atoms with Crippen molar-refractivity contribution in [3.8, 4) is 0 Å². The molecule has 0 spiro atoms. The van der Waals surface area contributed by atoms with Crippen LogP contribution in [-0.2, 0) is 27.6 Å². The Hall–Kier alpha value is -2.68. The van der Waals surface area contributed by atoms with Crippen LogP contribution in [0.3, 0.4) is 0 Å². The number of aromatic carboxylic acids is 1. The first-order chi connectivity index (χ1) is 16.7. The van der Waals surface area contributed by atoms with Crippen LogP contribution in [0.15, 0.2) is 47.4 Å². The van der Waals surface area contributed by atoms with Gasteiger partial charge in [-0.25, -0.2) is 13.2 Å². The highest BCUT2D eigenvalue weighted by molar-refractivity contribution is 7.92. The molecule has 0 radical (unpaired) electrons. The largest absolute Gasteiger partial charge is 0.478 e. The Balaban J connectivity index is 1.81. The van der Waals surface area contributed by atoms with E-state index < -0.39 is 16.0 Å². The van der Waals surface area contributed by atoms with Crippen LogP contribution in [0.25, 0.3) is 6.08 Å². The fourth-order valence-electron chi connectivity index (χ4n) is 4.34. The van der Waals surface area contributed by atoms with Gasteiger partial charge in [0, 0.05) is 13.1 Å². The van der Waals surface area contributed by atoms with Gasteiger partial charge >= 0.3 is 5.97 Å². The number of carboxylic acids is 1. The number of anilines is 1. The Kier molecular flexibility index (Phi) is 9.48. The lowest BCUT2D eigenvalue weighted by Crippen LogP contribution is -2.28. The van der Waals surface area contributed by atoms with Crippen molar-refractivity contribution in [2.24, 2.45) is 0 Å². The third kappa shape index (κ3) is 7.16. The molecular weight excluding hydrogens is 464 g/mol. The average Bonchev–Trinajstić information content (AvgIpc) is 2.82. The van der Waals surface area contributed by atoms with Gasteiger partial charge in [0.05, 0.1) is 28.9 Å². The van der Waals surface area contributed by atoms with Crippen LogP contribution >= 0.6 is 0 Å². The minimum Gasteiger partial charge on any atom is -0.478 e. The maximum Gasteiger partial charge on any atom is 0.338 e. The molecule has 0 atom stereocenters. The summed E-state index contributed by atoms with van der Waals surface area (Å²) in [5.74, 6) is -1.12. The van der Waals surface area contributed by atoms with Crippen molar-refractivity contribution in [1.29, 1.82) is 0 Å². The van der Waals surface area contributed by atoms with Crippen molar-refractivity contribution in [1.82, 2.24) is 4.90 Å². The lowest BCUT2D eigenvalue weighted by atomic mass is 9.87. The van der Waals surface area contributed by atoms with E-state index in [0.29, 0.717) is 25.1 Å². The second-order valence-electron chi connectivity index (χ2n) is 9.00. The predicted molar refractivity (Wildman–Crippen MR) is 140 cm³/mol. The summed E-state index contributed by atoms with van der Waals surface area (Å²) >= 11 is 0. The van der Waals surface area contributed by atoms with Gasteiger partial charge in [0.25, 0.3) is 10.0 Å². The summed E-state index contributed by atoms with van der Waals surface area (Å²) in [4.78, 5) is 14.4. The maximum atomic E-state index is 13.4. The number of hydrogen-bond donors (Lipinski definition) is 2. The molecule has 0 heterocycles. The van der Waals surface area contributed by atoms with Crippen LogP contribution in [0.4, 0.5) is 5.69 Å². The number of fused-ring (bicyclic) bond motifs is 1. The highest BCUT2D eigenvalue weighted by Crippen LogP contribution is 2.31. The van der Waals surface area contributed by atoms with E-state index in [1.165, 1.54) is 6.07 Å². The molecule has 2 N–H and O–H groups in total. The molecule has 0 unspecified atom stereocenters. The van der Waals surface area contributed by atoms with Crippen LogP contribution in [0.1, 0.15) is 60.7 Å². The molecule has 2 aromatic rings. The molecule has 1 aliphatic rings. The number of hydrogen-bond acceptors (Lipinski definition) is 5. The predicted octanol–water partition coefficient (Wildman–Crippen LogP) is 4.82. The Labute approximate surface area is 208 Å². The van der Waals surface area contributed by atoms with E-state index in [4.69, 9.17) is 4.74 Å². The van der Waals surface area contributed by atoms with E-state index in [-0.39, 0.29) is 22.3 Å². The molecule has 0 aliphatic heterocycles. The molecule has 0 aromatic heterocycles. The fraction of sp³-hybridized carbons (Fsp3) is 0.444. The lowest BCUT2D eigenvalue weighted by Gasteiger charge is -2.21. The molecule has 0 fully saturated rings. The van der Waals surface area contributed by atoms with E-state index in [0.717, 1.165) is 43.5 Å². The number of sulfonamides is 1. The van der Waals surface area contributed by atoms with E-state index in [1.54, 1.807) is 30.3 Å². The Morgan fingerprint density at radius 3 is 2.63 bits per heavy atom. The summed E-state index contributed by atoms with van der Waals surface area (Å²) in [5, 5.41) is 9.87. The van der Waals surface area contributed by atoms with Gasteiger partial charge in [-0.1, -0.05) is 43.3 Å². The summed E-state index contributed by atoms with van der Waals surface area (Å²) in [6.07, 6.45) is 7.29. The van der Waals surface area contributed by atoms with Gasteiger partial charge in [0.1, 0.15) is 0 Å². The zero-order valence-electron chi connectivity index (χ0n) is 20.8. The second-order valence-corrected chi connectivity index (χ2v) is 10.6. The number of benzene rings is 2. The van der Waals surface area contributed by atoms with Gasteiger partial charge in [-0.05, 0) is 74.9 Å². The minimum absolute atomic E-state index is 0.0565. The van der Waals surface area contributed by atoms with Crippen LogP contribution in [0.5, 0.6) is 0 Å². The van der Waals surface area contributed by atoms with Gasteiger partial charge in [0.2, 0.25) is 0 Å². The molecule has 0 saturated carbocycles. The first kappa shape index (κ1) is 26.9. The van der Waals surface area contributed by atoms with Gasteiger partial charge in [0.15, 0.2) is 0 Å². The molecule has 0 saturated heterocycles. The number of carbonyl (C=O) groups is 1. The normalized spacial score (nSPS) is 14.0. The topological polar surface area (TPSA) is 95.9 Å². The number of ether oxygens (including phenoxy) is 1. The van der Waals surface area contributed by atoms with Gasteiger partial charge in [-0.3, -0.25) is 9.62 Å². The molecule has 0 amide bonds. The summed E-state index contributed by atoms with van der Waals surface area (Å²) < 4.78 is 34.9. The monoisotopic (exact) mass is 500 g/mol. The Morgan fingerprint density at radius 2 is 1.91 bits per heavy atom. The molecule has 8 heteroatoms. The average molecular weight is 501 g/mol. The Morgan fingerprint density at radius 1 is 1.17 bits per heavy atom. The van der Waals surface area contributed by atoms with Crippen LogP contribution < -0.4 is 4.72 Å². The molecule has 0 bridgehead atoms. The number of rotatable bonds is 12. The quantitative estimate of drug-likeness (QED) is 0.434. The van der Waals surface area contributed by atoms with Crippen molar-refractivity contribution in [3.63, 3.8) is 0 Å². The first-order valence-corrected chi connectivity index (χ1v) is 13.7. The van der Waals surface area contributed by atoms with E-state index in [1.807, 2.05) is 26.0 Å². The SMILES string of the molecule is CCN(C/C=C\c1ccccc1S(=O)(=O)Nc1ccc2c(c1C(=O)O)CCCC2)CCOC(C)C. The lowest BCUT2D eigenvalue weighted by molar-refractivity contribution is 0.0622. The van der Waals surface area contributed by atoms with Crippen molar-refractivity contribution < 1.29 is 23.1 Å². The third-order valence-corrected chi connectivity index (χ3v) is 7.61. The number of aryl methyl sites for hydroxylation is 1. The molecule has 190 valence electrons. The number of carboxylic acid groups (broad SMARTS) is 1. The first-order valence-electron chi connectivity index (χ1n) is 12.2. The summed E-state index contributed by atoms with van der Waals surface area (Å²) in [6.45, 7) is 9.02. The summed E-state index contributed by atoms with van der Waals surface area (Å²) in [6, 6.07) is 10.1. The minimum atomic E-state index is -4.00. The summed E-state index contributed by atoms with van der Waals surface area (Å²) in [5.41, 5.74) is 2.43. The zero-order valence-corrected chi connectivity index (χ0v) is 21.6. The number of nitrogens with zero attached hydrogens (tertiary/aromatic N) is 1. The molecule has 35 heavy (non-hydrogen) atoms. The smallest absolute Gasteiger partial charge is 0.338 e. The molecule has 1 aliphatic carbocycles. The molecular formula is C27H36N2O5S. The highest BCUT2D eigenvalue weighted by Gasteiger charge is 2.25. The van der Waals surface area contributed by atoms with Gasteiger partial charge in [-0.2, -0.15) is 0 Å². The third-order valence-electron chi connectivity index (χ3n) is 6.17. The van der Waals surface area contributed by atoms with Crippen molar-refractivity contribution in [2.75, 3.05) is 31.0 Å². The van der Waals surface area contributed by atoms with E-state index in [2.05, 4.69) is 16.5 Å². The van der Waals surface area contributed by atoms with Crippen LogP contribution in [0, 0.1) is 0 Å². The standard InChI is InChI=1S/C27H36N2O5S/c1-4-29(18-19-34-20(2)3)17-9-12-22-11-6-8-14-25(22)35(32,33)28-24-16-15-21-10-5-7-13-23(21)26(24)27(30)31/h6,8-9,11-12,14-16,20,28H,4-5,7,10,13,17-19H2,1-3H3,(H,30,31)/b12-9-. The van der Waals surface area contributed by atoms with Gasteiger partial charge in [-0.15, -0.1) is 0 Å². The highest BCUT2D eigenvalue weighted by atomic mass is 32.2. The van der Waals surface area contributed by atoms with E-state index >= 15 is 0 Å². The van der Waals surface area contributed by atoms with Crippen LogP contribution in [0.2, 0.25) is 0 Å². The molecule has 2 aromatic carbocycles. The molecule has 7 nitrogen and oxygen atoms in total. The van der Waals surface area contributed by atoms with Crippen molar-refractivity contribution in [3.05, 3.63) is 64.7 Å². The van der Waals surface area contributed by atoms with E-state index in [9.17, 15) is 18.3 Å². The fourth-order valence-corrected chi connectivity index (χ4v) is 5.62. The second kappa shape index (κ2) is 12.3. The maximum absolute atomic E-state index is 13.4. The number of likely N-dealkylation sites (N-methyl/N-ethyl adjacent to an activating group) is 1. The Bertz CT molecular complexity index is 1160. The molecule has 3 rings (SSSR count). The zero-order chi connectivity index (χ0) is 25.4. The van der Waals surface area contributed by atoms with Crippen molar-refractivity contribution >= 4 is 27.8 Å². The summed E-state index contributed by atoms with van der Waals surface area (Å²) in [7, 11) is -4.00. The van der Waals surface area contributed by atoms with Crippen molar-refractivity contribution in [2.45, 2.75) is 57.5 Å². The van der Waals surface area contributed by atoms with Crippen LogP contribution in [-0.4, -0.2) is 56.7 Å².